The van der Waals surface area contributed by atoms with Crippen LogP contribution in [0.2, 0.25) is 0 Å². The van der Waals surface area contributed by atoms with Gasteiger partial charge >= 0.3 is 5.69 Å². The van der Waals surface area contributed by atoms with Crippen LogP contribution >= 0.6 is 11.3 Å². The fourth-order valence-electron chi connectivity index (χ4n) is 3.15. The zero-order valence-corrected chi connectivity index (χ0v) is 17.6. The predicted molar refractivity (Wildman–Crippen MR) is 115 cm³/mol. The van der Waals surface area contributed by atoms with Crippen LogP contribution in [0.15, 0.2) is 33.5 Å². The topological polar surface area (TPSA) is 132 Å². The van der Waals surface area contributed by atoms with Gasteiger partial charge in [0.25, 0.3) is 5.91 Å². The normalized spacial score (nSPS) is 15.2. The van der Waals surface area contributed by atoms with Crippen LogP contribution in [-0.4, -0.2) is 60.6 Å². The number of hydrogen-bond donors (Lipinski definition) is 3. The molecule has 0 saturated heterocycles. The van der Waals surface area contributed by atoms with E-state index < -0.39 is 5.69 Å². The third-order valence-corrected chi connectivity index (χ3v) is 5.81. The average Bonchev–Trinajstić information content (AvgIpc) is 3.12. The standard InChI is InChI=1S/C20H19N7O3S/c1-26(2)19(29)15-6-11(9-31-15)13-7-16(22-12-3-4-12)27-17(23-13)10(8-21-27)5-14-18(28)25-20(30)24-14/h5-9,12,28H,3-4H2,1-2H3,(H2,24,25,30)/b10-5-,22-16?. The lowest BCUT2D eigenvalue weighted by molar-refractivity contribution is 0.0832. The smallest absolute Gasteiger partial charge is 0.326 e. The van der Waals surface area contributed by atoms with E-state index >= 15 is 0 Å². The molecule has 0 spiro atoms. The Kier molecular flexibility index (Phi) is 4.47. The van der Waals surface area contributed by atoms with Crippen molar-refractivity contribution in [2.75, 3.05) is 14.1 Å². The van der Waals surface area contributed by atoms with Crippen LogP contribution in [0.4, 0.5) is 0 Å². The molecule has 11 heteroatoms. The third kappa shape index (κ3) is 3.63. The Morgan fingerprint density at radius 1 is 1.35 bits per heavy atom. The molecule has 0 bridgehead atoms. The summed E-state index contributed by atoms with van der Waals surface area (Å²) in [5.41, 5.74) is 2.42. The van der Waals surface area contributed by atoms with Crippen LogP contribution < -0.4 is 16.4 Å². The molecule has 1 amide bonds. The Bertz CT molecular complexity index is 1490. The van der Waals surface area contributed by atoms with E-state index in [1.807, 2.05) is 17.5 Å². The zero-order valence-electron chi connectivity index (χ0n) is 16.8. The lowest BCUT2D eigenvalue weighted by Gasteiger charge is -2.07. The van der Waals surface area contributed by atoms with E-state index in [1.165, 1.54) is 16.2 Å². The SMILES string of the molecule is CN(C)C(=O)c1cc(-c2cc(=NC3CC3)n3nc/c(=C/c4[nH]c(=O)[nH]c4O)c3n2)cs1. The van der Waals surface area contributed by atoms with Crippen molar-refractivity contribution in [2.45, 2.75) is 18.9 Å². The van der Waals surface area contributed by atoms with Gasteiger partial charge in [-0.05, 0) is 25.0 Å². The number of amides is 1. The summed E-state index contributed by atoms with van der Waals surface area (Å²) in [6.45, 7) is 0. The summed E-state index contributed by atoms with van der Waals surface area (Å²) in [6.07, 6.45) is 5.29. The number of imidazole rings is 1. The van der Waals surface area contributed by atoms with E-state index in [9.17, 15) is 14.7 Å². The third-order valence-electron chi connectivity index (χ3n) is 4.89. The fraction of sp³-hybridized carbons (Fsp3) is 0.250. The zero-order chi connectivity index (χ0) is 21.7. The highest BCUT2D eigenvalue weighted by molar-refractivity contribution is 7.12. The van der Waals surface area contributed by atoms with E-state index in [1.54, 1.807) is 30.9 Å². The van der Waals surface area contributed by atoms with Crippen molar-refractivity contribution in [1.29, 1.82) is 0 Å². The van der Waals surface area contributed by atoms with E-state index in [-0.39, 0.29) is 23.5 Å². The minimum atomic E-state index is -0.505. The Labute approximate surface area is 179 Å². The highest BCUT2D eigenvalue weighted by Crippen LogP contribution is 2.25. The van der Waals surface area contributed by atoms with Gasteiger partial charge in [-0.2, -0.15) is 9.61 Å². The number of nitrogens with one attached hydrogen (secondary N) is 2. The maximum absolute atomic E-state index is 12.3. The van der Waals surface area contributed by atoms with Crippen LogP contribution in [0.3, 0.4) is 0 Å². The predicted octanol–water partition coefficient (Wildman–Crippen LogP) is 0.492. The first-order chi connectivity index (χ1) is 14.9. The number of thiophene rings is 1. The monoisotopic (exact) mass is 437 g/mol. The van der Waals surface area contributed by atoms with Crippen LogP contribution in [0.25, 0.3) is 23.0 Å². The summed E-state index contributed by atoms with van der Waals surface area (Å²) < 4.78 is 1.65. The van der Waals surface area contributed by atoms with Gasteiger partial charge in [0.15, 0.2) is 11.1 Å². The van der Waals surface area contributed by atoms with Crippen LogP contribution in [0.1, 0.15) is 28.2 Å². The largest absolute Gasteiger partial charge is 0.493 e. The number of aromatic amines is 2. The van der Waals surface area contributed by atoms with Gasteiger partial charge in [0.1, 0.15) is 5.69 Å². The molecule has 0 aromatic carbocycles. The number of aromatic nitrogens is 5. The van der Waals surface area contributed by atoms with Gasteiger partial charge in [-0.1, -0.05) is 0 Å². The van der Waals surface area contributed by atoms with Gasteiger partial charge in [-0.3, -0.25) is 14.8 Å². The average molecular weight is 437 g/mol. The van der Waals surface area contributed by atoms with E-state index in [2.05, 4.69) is 15.1 Å². The van der Waals surface area contributed by atoms with Crippen LogP contribution in [0.5, 0.6) is 5.88 Å². The summed E-state index contributed by atoms with van der Waals surface area (Å²) in [5, 5.41) is 16.8. The molecule has 1 saturated carbocycles. The first-order valence-corrected chi connectivity index (χ1v) is 10.5. The van der Waals surface area contributed by atoms with Crippen molar-refractivity contribution >= 4 is 29.0 Å². The number of carbonyl (C=O) groups is 1. The minimum Gasteiger partial charge on any atom is -0.493 e. The molecule has 4 heterocycles. The molecule has 4 aromatic heterocycles. The molecule has 1 fully saturated rings. The first kappa shape index (κ1) is 19.2. The Morgan fingerprint density at radius 3 is 2.84 bits per heavy atom. The van der Waals surface area contributed by atoms with E-state index in [0.717, 1.165) is 18.4 Å². The molecule has 158 valence electrons. The summed E-state index contributed by atoms with van der Waals surface area (Å²) in [7, 11) is 3.43. The van der Waals surface area contributed by atoms with Crippen molar-refractivity contribution < 1.29 is 9.90 Å². The molecular formula is C20H19N7O3S. The van der Waals surface area contributed by atoms with Crippen molar-refractivity contribution in [3.8, 4) is 17.1 Å². The molecule has 3 N–H and O–H groups in total. The maximum atomic E-state index is 12.3. The molecule has 4 aromatic rings. The quantitative estimate of drug-likeness (QED) is 0.428. The Hall–Kier alpha value is -3.73. The number of rotatable bonds is 4. The van der Waals surface area contributed by atoms with Gasteiger partial charge < -0.3 is 15.0 Å². The van der Waals surface area contributed by atoms with Gasteiger partial charge in [0.2, 0.25) is 5.88 Å². The summed E-state index contributed by atoms with van der Waals surface area (Å²) in [6, 6.07) is 3.96. The number of carbonyl (C=O) groups excluding carboxylic acids is 1. The van der Waals surface area contributed by atoms with Crippen molar-refractivity contribution in [3.05, 3.63) is 55.5 Å². The molecule has 31 heavy (non-hydrogen) atoms. The Morgan fingerprint density at radius 2 is 2.16 bits per heavy atom. The molecule has 1 aliphatic carbocycles. The van der Waals surface area contributed by atoms with E-state index in [0.29, 0.717) is 26.9 Å². The van der Waals surface area contributed by atoms with Crippen LogP contribution in [0, 0.1) is 0 Å². The second kappa shape index (κ2) is 7.20. The summed E-state index contributed by atoms with van der Waals surface area (Å²) in [5.74, 6) is -0.321. The number of H-pyrrole nitrogens is 2. The molecule has 0 unspecified atom stereocenters. The molecule has 0 atom stereocenters. The molecule has 5 rings (SSSR count). The summed E-state index contributed by atoms with van der Waals surface area (Å²) >= 11 is 1.36. The molecular weight excluding hydrogens is 418 g/mol. The van der Waals surface area contributed by atoms with Crippen molar-refractivity contribution in [1.82, 2.24) is 29.5 Å². The fourth-order valence-corrected chi connectivity index (χ4v) is 4.07. The molecule has 10 nitrogen and oxygen atoms in total. The van der Waals surface area contributed by atoms with E-state index in [4.69, 9.17) is 9.98 Å². The molecule has 0 radical (unpaired) electrons. The summed E-state index contributed by atoms with van der Waals surface area (Å²) in [4.78, 5) is 40.2. The second-order valence-corrected chi connectivity index (χ2v) is 8.49. The second-order valence-electron chi connectivity index (χ2n) is 7.58. The molecule has 1 aliphatic rings. The maximum Gasteiger partial charge on any atom is 0.326 e. The molecule has 0 aliphatic heterocycles. The number of hydrogen-bond acceptors (Lipinski definition) is 7. The Balaban J connectivity index is 1.71. The van der Waals surface area contributed by atoms with Gasteiger partial charge in [-0.25, -0.2) is 9.78 Å². The lowest BCUT2D eigenvalue weighted by Crippen LogP contribution is -2.20. The number of nitrogens with zero attached hydrogens (tertiary/aromatic N) is 5. The minimum absolute atomic E-state index is 0.0644. The number of aromatic hydroxyl groups is 1. The van der Waals surface area contributed by atoms with Crippen molar-refractivity contribution in [2.24, 2.45) is 4.99 Å². The van der Waals surface area contributed by atoms with Gasteiger partial charge in [0, 0.05) is 36.3 Å². The van der Waals surface area contributed by atoms with Gasteiger partial charge in [0.05, 0.1) is 22.8 Å². The highest BCUT2D eigenvalue weighted by atomic mass is 32.1. The van der Waals surface area contributed by atoms with Crippen LogP contribution in [-0.2, 0) is 0 Å². The first-order valence-electron chi connectivity index (χ1n) is 9.65. The lowest BCUT2D eigenvalue weighted by atomic mass is 10.2. The number of fused-ring (bicyclic) bond motifs is 1. The highest BCUT2D eigenvalue weighted by Gasteiger charge is 2.21. The van der Waals surface area contributed by atoms with Crippen molar-refractivity contribution in [3.63, 3.8) is 0 Å². The van der Waals surface area contributed by atoms with Gasteiger partial charge in [-0.15, -0.1) is 11.3 Å².